The van der Waals surface area contributed by atoms with Crippen LogP contribution in [0.25, 0.3) is 0 Å². The Hall–Kier alpha value is -2.45. The Kier molecular flexibility index (Phi) is 11.4. The molecular weight excluding hydrogens is 535 g/mol. The monoisotopic (exact) mass is 568 g/mol. The van der Waals surface area contributed by atoms with Crippen LogP contribution < -0.4 is 27.4 Å². The summed E-state index contributed by atoms with van der Waals surface area (Å²) in [4.78, 5) is 64.7. The maximum absolute atomic E-state index is 12.6. The van der Waals surface area contributed by atoms with Gasteiger partial charge in [-0.15, -0.1) is 0 Å². The van der Waals surface area contributed by atoms with E-state index < -0.39 is 60.0 Å². The van der Waals surface area contributed by atoms with Gasteiger partial charge in [-0.3, -0.25) is 0 Å². The Morgan fingerprint density at radius 1 is 1.19 bits per heavy atom. The first-order valence-corrected chi connectivity index (χ1v) is 14.0. The van der Waals surface area contributed by atoms with Crippen molar-refractivity contribution in [2.45, 2.75) is 64.6 Å². The molecule has 1 aliphatic heterocycles. The number of alkyl halides is 1. The fourth-order valence-electron chi connectivity index (χ4n) is 3.17. The molecule has 0 aromatic rings. The predicted octanol–water partition coefficient (Wildman–Crippen LogP) is -0.325. The third kappa shape index (κ3) is 9.78. The summed E-state index contributed by atoms with van der Waals surface area (Å²) in [6.45, 7) is 6.09. The van der Waals surface area contributed by atoms with Crippen molar-refractivity contribution in [1.29, 1.82) is 0 Å². The van der Waals surface area contributed by atoms with Crippen molar-refractivity contribution in [1.82, 2.24) is 16.0 Å². The molecule has 13 heteroatoms. The Morgan fingerprint density at radius 2 is 1.84 bits per heavy atom. The normalized spacial score (nSPS) is 18.6. The molecule has 8 N–H and O–H groups in total. The third-order valence-electron chi connectivity index (χ3n) is 4.44. The number of carboxylic acids is 1. The summed E-state index contributed by atoms with van der Waals surface area (Å²) in [5.74, 6) is -2.29. The first-order chi connectivity index (χ1) is 14.9. The molecule has 182 valence electrons. The van der Waals surface area contributed by atoms with E-state index in [0.29, 0.717) is 31.7 Å². The van der Waals surface area contributed by atoms with Crippen LogP contribution in [-0.4, -0.2) is 65.7 Å². The van der Waals surface area contributed by atoms with Crippen molar-refractivity contribution in [2.24, 2.45) is 22.4 Å². The van der Waals surface area contributed by atoms with Crippen LogP contribution in [0.3, 0.4) is 0 Å². The molecule has 0 bridgehead atoms. The Morgan fingerprint density at radius 3 is 2.41 bits per heavy atom. The Balaban J connectivity index is 2.67. The number of hydrogen-bond donors (Lipinski definition) is 6. The first-order valence-electron chi connectivity index (χ1n) is 10.3. The summed E-state index contributed by atoms with van der Waals surface area (Å²) in [5, 5.41) is 16.8. The van der Waals surface area contributed by atoms with Crippen LogP contribution in [-0.2, 0) is 19.2 Å². The number of carbonyl (C=O) groups is 5. The van der Waals surface area contributed by atoms with Crippen molar-refractivity contribution in [3.63, 3.8) is 0 Å². The number of hydrogen-bond acceptors (Lipinski definition) is 6. The number of carboxylic acid groups (broad SMARTS) is 1. The average Bonchev–Trinajstić information content (AvgIpc) is 2.91. The van der Waals surface area contributed by atoms with Crippen LogP contribution in [0.5, 0.6) is 0 Å². The van der Waals surface area contributed by atoms with Crippen molar-refractivity contribution in [3.05, 3.63) is 0 Å². The molecule has 12 nitrogen and oxygen atoms in total. The summed E-state index contributed by atoms with van der Waals surface area (Å²) in [6, 6.07) is -2.17. The van der Waals surface area contributed by atoms with Crippen molar-refractivity contribution in [2.75, 3.05) is 11.0 Å². The minimum absolute atomic E-state index is 0.0598. The molecule has 1 heterocycles. The summed E-state index contributed by atoms with van der Waals surface area (Å²) < 4.78 is -1.01. The first kappa shape index (κ1) is 27.6. The maximum atomic E-state index is 12.6. The van der Waals surface area contributed by atoms with Crippen molar-refractivity contribution < 1.29 is 29.1 Å². The minimum atomic E-state index is -3.00. The SMILES string of the molecule is CC(C)CC(C)NC(=O)[C@H](CC(=O)O)NC(=O)CI1C(=O)N[C@@H](CCCN=C(N)N)C1=O. The van der Waals surface area contributed by atoms with E-state index in [4.69, 9.17) is 16.6 Å². The van der Waals surface area contributed by atoms with Gasteiger partial charge in [0.2, 0.25) is 0 Å². The molecule has 1 rings (SSSR count). The van der Waals surface area contributed by atoms with Crippen LogP contribution in [0.4, 0.5) is 4.79 Å². The van der Waals surface area contributed by atoms with Crippen LogP contribution in [0, 0.1) is 5.92 Å². The van der Waals surface area contributed by atoms with Gasteiger partial charge in [0.1, 0.15) is 0 Å². The molecule has 0 aromatic heterocycles. The van der Waals surface area contributed by atoms with E-state index in [1.165, 1.54) is 0 Å². The standard InChI is InChI=1S/C19H33IN6O6/c1-10(2)7-11(3)24-17(31)13(8-15(28)29)25-14(27)9-20-16(30)12(26-18(20)32)5-4-6-23-19(21)22/h10-13H,4-9H2,1-3H3,(H,24,31)(H,25,27)(H,26,32)(H,28,29)(H4,21,22,23)/t11?,12-,13-/m0/s1. The molecular formula is C19H33IN6O6. The number of nitrogens with one attached hydrogen (secondary N) is 3. The van der Waals surface area contributed by atoms with E-state index in [9.17, 15) is 24.0 Å². The number of aliphatic carboxylic acids is 1. The number of aliphatic imine (C=N–C) groups is 1. The fraction of sp³-hybridized carbons (Fsp3) is 0.684. The zero-order chi connectivity index (χ0) is 24.4. The van der Waals surface area contributed by atoms with Gasteiger partial charge in [0.05, 0.1) is 0 Å². The molecule has 0 spiro atoms. The van der Waals surface area contributed by atoms with Gasteiger partial charge < -0.3 is 0 Å². The predicted molar refractivity (Wildman–Crippen MR) is 127 cm³/mol. The van der Waals surface area contributed by atoms with Crippen LogP contribution in [0.1, 0.15) is 46.5 Å². The molecule has 3 atom stereocenters. The quantitative estimate of drug-likeness (QED) is 0.0329. The molecule has 0 radical (unpaired) electrons. The van der Waals surface area contributed by atoms with Gasteiger partial charge in [-0.1, -0.05) is 0 Å². The van der Waals surface area contributed by atoms with Gasteiger partial charge in [0.15, 0.2) is 0 Å². The Bertz CT molecular complexity index is 755. The van der Waals surface area contributed by atoms with Gasteiger partial charge in [0.25, 0.3) is 0 Å². The van der Waals surface area contributed by atoms with Crippen LogP contribution in [0.15, 0.2) is 4.99 Å². The molecule has 1 aliphatic rings. The van der Waals surface area contributed by atoms with E-state index in [2.05, 4.69) is 20.9 Å². The van der Waals surface area contributed by atoms with Crippen molar-refractivity contribution in [3.8, 4) is 0 Å². The number of carbonyl (C=O) groups excluding carboxylic acids is 4. The van der Waals surface area contributed by atoms with E-state index in [0.717, 1.165) is 0 Å². The number of halogens is 1. The second kappa shape index (κ2) is 13.2. The van der Waals surface area contributed by atoms with Gasteiger partial charge in [-0.25, -0.2) is 0 Å². The number of rotatable bonds is 13. The number of amides is 3. The summed E-state index contributed by atoms with van der Waals surface area (Å²) >= 11 is -3.00. The van der Waals surface area contributed by atoms with Gasteiger partial charge in [-0.05, 0) is 0 Å². The van der Waals surface area contributed by atoms with E-state index in [1.54, 1.807) is 6.92 Å². The Labute approximate surface area is 194 Å². The molecule has 0 aliphatic carbocycles. The topological polar surface area (TPSA) is 206 Å². The molecule has 0 aromatic carbocycles. The van der Waals surface area contributed by atoms with Gasteiger partial charge in [0, 0.05) is 0 Å². The second-order valence-electron chi connectivity index (χ2n) is 7.98. The summed E-state index contributed by atoms with van der Waals surface area (Å²) in [5.41, 5.74) is 10.5. The molecule has 3 amide bonds. The van der Waals surface area contributed by atoms with E-state index in [-0.39, 0.29) is 20.2 Å². The molecule has 1 unspecified atom stereocenters. The van der Waals surface area contributed by atoms with Crippen LogP contribution >= 0.6 is 19.8 Å². The number of nitrogens with zero attached hydrogens (tertiary/aromatic N) is 1. The number of guanidine groups is 1. The molecule has 0 saturated carbocycles. The summed E-state index contributed by atoms with van der Waals surface area (Å²) in [7, 11) is 0. The van der Waals surface area contributed by atoms with Gasteiger partial charge >= 0.3 is 194 Å². The van der Waals surface area contributed by atoms with E-state index >= 15 is 0 Å². The average molecular weight is 568 g/mol. The second-order valence-corrected chi connectivity index (χ2v) is 12.8. The van der Waals surface area contributed by atoms with E-state index in [1.807, 2.05) is 13.8 Å². The van der Waals surface area contributed by atoms with Crippen LogP contribution in [0.2, 0.25) is 0 Å². The molecule has 1 saturated heterocycles. The fourth-order valence-corrected chi connectivity index (χ4v) is 7.41. The van der Waals surface area contributed by atoms with Gasteiger partial charge in [-0.2, -0.15) is 0 Å². The number of nitrogens with two attached hydrogens (primary N) is 2. The molecule has 1 fully saturated rings. The summed E-state index contributed by atoms with van der Waals surface area (Å²) in [6.07, 6.45) is 0.928. The third-order valence-corrected chi connectivity index (χ3v) is 9.42. The molecule has 32 heavy (non-hydrogen) atoms. The zero-order valence-electron chi connectivity index (χ0n) is 18.5. The zero-order valence-corrected chi connectivity index (χ0v) is 20.7. The van der Waals surface area contributed by atoms with Crippen molar-refractivity contribution >= 4 is 51.3 Å².